The molecular weight excluding hydrogens is 460 g/mol. The number of amides is 1. The zero-order valence-corrected chi connectivity index (χ0v) is 19.0. The lowest BCUT2D eigenvalue weighted by Crippen LogP contribution is -2.40. The van der Waals surface area contributed by atoms with Crippen molar-refractivity contribution in [3.05, 3.63) is 62.9 Å². The van der Waals surface area contributed by atoms with Crippen LogP contribution >= 0.6 is 15.9 Å². The van der Waals surface area contributed by atoms with Crippen LogP contribution in [0.3, 0.4) is 0 Å². The third-order valence-corrected chi connectivity index (χ3v) is 6.37. The third kappa shape index (κ3) is 4.83. The molecule has 2 aromatic carbocycles. The van der Waals surface area contributed by atoms with Crippen molar-refractivity contribution in [2.45, 2.75) is 19.8 Å². The Morgan fingerprint density at radius 3 is 2.58 bits per heavy atom. The number of likely N-dealkylation sites (tertiary alicyclic amines) is 1. The summed E-state index contributed by atoms with van der Waals surface area (Å²) in [5.74, 6) is 1.03. The number of hydrogen-bond acceptors (Lipinski definition) is 5. The van der Waals surface area contributed by atoms with Crippen LogP contribution in [0, 0.1) is 12.8 Å². The first-order valence-corrected chi connectivity index (χ1v) is 11.2. The summed E-state index contributed by atoms with van der Waals surface area (Å²) in [4.78, 5) is 26.6. The molecule has 0 unspecified atom stereocenters. The number of hydrogen-bond donors (Lipinski definition) is 1. The SMILES string of the molecule is Cc1oc2cc(OCCN3CCC(C(N)=O)CC3)ccc2c(=O)c1-c1ccc(Br)cc1. The molecule has 1 amide bonds. The van der Waals surface area contributed by atoms with Gasteiger partial charge in [-0.1, -0.05) is 28.1 Å². The molecule has 1 fully saturated rings. The topological polar surface area (TPSA) is 85.8 Å². The number of halogens is 1. The second kappa shape index (κ2) is 9.24. The van der Waals surface area contributed by atoms with Crippen LogP contribution in [0.2, 0.25) is 0 Å². The first-order valence-electron chi connectivity index (χ1n) is 10.4. The smallest absolute Gasteiger partial charge is 0.220 e. The van der Waals surface area contributed by atoms with E-state index in [-0.39, 0.29) is 17.3 Å². The molecule has 7 heteroatoms. The van der Waals surface area contributed by atoms with Gasteiger partial charge in [-0.05, 0) is 62.7 Å². The van der Waals surface area contributed by atoms with Gasteiger partial charge in [-0.2, -0.15) is 0 Å². The number of piperidine rings is 1. The van der Waals surface area contributed by atoms with Crippen molar-refractivity contribution in [3.63, 3.8) is 0 Å². The number of nitrogens with two attached hydrogens (primary N) is 1. The molecule has 3 aromatic rings. The molecule has 1 saturated heterocycles. The van der Waals surface area contributed by atoms with Gasteiger partial charge in [0.05, 0.1) is 10.9 Å². The number of benzene rings is 2. The summed E-state index contributed by atoms with van der Waals surface area (Å²) < 4.78 is 12.8. The van der Waals surface area contributed by atoms with E-state index in [2.05, 4.69) is 20.8 Å². The van der Waals surface area contributed by atoms with Gasteiger partial charge in [0.2, 0.25) is 11.3 Å². The number of primary amides is 1. The molecule has 0 radical (unpaired) electrons. The van der Waals surface area contributed by atoms with Crippen molar-refractivity contribution in [2.24, 2.45) is 11.7 Å². The maximum atomic E-state index is 13.1. The molecule has 1 aromatic heterocycles. The molecule has 1 aliphatic heterocycles. The van der Waals surface area contributed by atoms with Gasteiger partial charge in [0.25, 0.3) is 0 Å². The summed E-state index contributed by atoms with van der Waals surface area (Å²) >= 11 is 3.42. The van der Waals surface area contributed by atoms with Gasteiger partial charge in [0.15, 0.2) is 0 Å². The lowest BCUT2D eigenvalue weighted by molar-refractivity contribution is -0.123. The second-order valence-electron chi connectivity index (χ2n) is 7.89. The first kappa shape index (κ1) is 21.6. The maximum absolute atomic E-state index is 13.1. The van der Waals surface area contributed by atoms with Crippen molar-refractivity contribution in [1.29, 1.82) is 0 Å². The van der Waals surface area contributed by atoms with E-state index in [0.717, 1.165) is 42.5 Å². The van der Waals surface area contributed by atoms with E-state index in [0.29, 0.717) is 34.6 Å². The Balaban J connectivity index is 1.45. The molecular formula is C24H25BrN2O4. The van der Waals surface area contributed by atoms with Crippen LogP contribution in [-0.2, 0) is 4.79 Å². The van der Waals surface area contributed by atoms with Crippen LogP contribution in [0.25, 0.3) is 22.1 Å². The highest BCUT2D eigenvalue weighted by Gasteiger charge is 2.22. The minimum Gasteiger partial charge on any atom is -0.492 e. The lowest BCUT2D eigenvalue weighted by Gasteiger charge is -2.30. The standard InChI is InChI=1S/C24H25BrN2O4/c1-15-22(16-2-4-18(25)5-3-16)23(28)20-7-6-19(14-21(20)31-15)30-13-12-27-10-8-17(9-11-27)24(26)29/h2-7,14,17H,8-13H2,1H3,(H2,26,29). The molecule has 162 valence electrons. The molecule has 2 heterocycles. The summed E-state index contributed by atoms with van der Waals surface area (Å²) in [6.45, 7) is 4.80. The second-order valence-corrected chi connectivity index (χ2v) is 8.81. The van der Waals surface area contributed by atoms with Crippen LogP contribution < -0.4 is 15.9 Å². The molecule has 31 heavy (non-hydrogen) atoms. The highest BCUT2D eigenvalue weighted by molar-refractivity contribution is 9.10. The number of aryl methyl sites for hydroxylation is 1. The molecule has 0 aliphatic carbocycles. The van der Waals surface area contributed by atoms with Gasteiger partial charge in [-0.3, -0.25) is 14.5 Å². The molecule has 0 spiro atoms. The maximum Gasteiger partial charge on any atom is 0.220 e. The van der Waals surface area contributed by atoms with E-state index >= 15 is 0 Å². The molecule has 0 atom stereocenters. The van der Waals surface area contributed by atoms with Crippen molar-refractivity contribution < 1.29 is 13.9 Å². The normalized spacial score (nSPS) is 15.3. The molecule has 4 rings (SSSR count). The van der Waals surface area contributed by atoms with Crippen LogP contribution in [0.5, 0.6) is 5.75 Å². The van der Waals surface area contributed by atoms with E-state index in [9.17, 15) is 9.59 Å². The zero-order chi connectivity index (χ0) is 22.0. The number of carbonyl (C=O) groups excluding carboxylic acids is 1. The lowest BCUT2D eigenvalue weighted by atomic mass is 9.96. The minimum absolute atomic E-state index is 0.00825. The predicted molar refractivity (Wildman–Crippen MR) is 124 cm³/mol. The molecule has 2 N–H and O–H groups in total. The van der Waals surface area contributed by atoms with E-state index < -0.39 is 0 Å². The minimum atomic E-state index is -0.202. The third-order valence-electron chi connectivity index (χ3n) is 5.84. The fraction of sp³-hybridized carbons (Fsp3) is 0.333. The largest absolute Gasteiger partial charge is 0.492 e. The number of fused-ring (bicyclic) bond motifs is 1. The Labute approximate surface area is 189 Å². The molecule has 0 bridgehead atoms. The van der Waals surface area contributed by atoms with Crippen molar-refractivity contribution >= 4 is 32.8 Å². The summed E-state index contributed by atoms with van der Waals surface area (Å²) in [6.07, 6.45) is 1.60. The van der Waals surface area contributed by atoms with Gasteiger partial charge in [-0.15, -0.1) is 0 Å². The fourth-order valence-electron chi connectivity index (χ4n) is 4.06. The average Bonchev–Trinajstić information content (AvgIpc) is 2.75. The summed E-state index contributed by atoms with van der Waals surface area (Å²) in [5, 5.41) is 0.532. The monoisotopic (exact) mass is 484 g/mol. The van der Waals surface area contributed by atoms with Gasteiger partial charge < -0.3 is 14.9 Å². The Bertz CT molecular complexity index is 1150. The molecule has 6 nitrogen and oxygen atoms in total. The Hall–Kier alpha value is -2.64. The molecule has 0 saturated carbocycles. The van der Waals surface area contributed by atoms with Gasteiger partial charge in [0, 0.05) is 23.0 Å². The van der Waals surface area contributed by atoms with E-state index in [1.807, 2.05) is 24.3 Å². The zero-order valence-electron chi connectivity index (χ0n) is 17.4. The van der Waals surface area contributed by atoms with Crippen molar-refractivity contribution in [3.8, 4) is 16.9 Å². The van der Waals surface area contributed by atoms with Gasteiger partial charge in [-0.25, -0.2) is 0 Å². The predicted octanol–water partition coefficient (Wildman–Crippen LogP) is 4.11. The van der Waals surface area contributed by atoms with Crippen LogP contribution in [0.1, 0.15) is 18.6 Å². The van der Waals surface area contributed by atoms with Gasteiger partial charge in [0.1, 0.15) is 23.7 Å². The average molecular weight is 485 g/mol. The van der Waals surface area contributed by atoms with Gasteiger partial charge >= 0.3 is 0 Å². The Kier molecular flexibility index (Phi) is 6.43. The highest BCUT2D eigenvalue weighted by Crippen LogP contribution is 2.27. The first-order chi connectivity index (χ1) is 14.9. The van der Waals surface area contributed by atoms with E-state index in [1.54, 1.807) is 25.1 Å². The fourth-order valence-corrected chi connectivity index (χ4v) is 4.32. The number of carbonyl (C=O) groups is 1. The summed E-state index contributed by atoms with van der Waals surface area (Å²) in [6, 6.07) is 13.0. The van der Waals surface area contributed by atoms with E-state index in [1.165, 1.54) is 0 Å². The number of rotatable bonds is 6. The molecule has 1 aliphatic rings. The quantitative estimate of drug-likeness (QED) is 0.568. The summed E-state index contributed by atoms with van der Waals surface area (Å²) in [7, 11) is 0. The van der Waals surface area contributed by atoms with Crippen LogP contribution in [0.15, 0.2) is 56.1 Å². The Morgan fingerprint density at radius 1 is 1.19 bits per heavy atom. The summed E-state index contributed by atoms with van der Waals surface area (Å²) in [5.41, 5.74) is 7.26. The number of nitrogens with zero attached hydrogens (tertiary/aromatic N) is 1. The Morgan fingerprint density at radius 2 is 1.90 bits per heavy atom. The van der Waals surface area contributed by atoms with Crippen LogP contribution in [0.4, 0.5) is 0 Å². The number of ether oxygens (including phenoxy) is 1. The van der Waals surface area contributed by atoms with Crippen molar-refractivity contribution in [2.75, 3.05) is 26.2 Å². The van der Waals surface area contributed by atoms with Crippen molar-refractivity contribution in [1.82, 2.24) is 4.90 Å². The van der Waals surface area contributed by atoms with E-state index in [4.69, 9.17) is 14.9 Å². The van der Waals surface area contributed by atoms with Crippen LogP contribution in [-0.4, -0.2) is 37.0 Å². The highest BCUT2D eigenvalue weighted by atomic mass is 79.9.